The molecule has 0 saturated heterocycles. The van der Waals surface area contributed by atoms with Crippen molar-refractivity contribution in [3.63, 3.8) is 0 Å². The van der Waals surface area contributed by atoms with Crippen molar-refractivity contribution in [3.8, 4) is 11.1 Å². The summed E-state index contributed by atoms with van der Waals surface area (Å²) in [5.41, 5.74) is 5.72. The fourth-order valence-electron chi connectivity index (χ4n) is 4.18. The SMILES string of the molecule is C=CC1c2ccccc2-c2cccc([Si](C)(C)C3=CC=CC3)c21. The highest BCUT2D eigenvalue weighted by atomic mass is 28.3. The number of hydrogen-bond donors (Lipinski definition) is 0. The first-order chi connectivity index (χ1) is 11.1. The van der Waals surface area contributed by atoms with E-state index in [0.717, 1.165) is 6.42 Å². The predicted molar refractivity (Wildman–Crippen MR) is 103 cm³/mol. The normalized spacial score (nSPS) is 18.5. The first-order valence-corrected chi connectivity index (χ1v) is 11.4. The van der Waals surface area contributed by atoms with Crippen LogP contribution in [0.3, 0.4) is 0 Å². The molecule has 0 N–H and O–H groups in total. The van der Waals surface area contributed by atoms with Crippen LogP contribution in [0.5, 0.6) is 0 Å². The Morgan fingerprint density at radius 3 is 2.57 bits per heavy atom. The number of fused-ring (bicyclic) bond motifs is 3. The van der Waals surface area contributed by atoms with Crippen molar-refractivity contribution in [3.05, 3.63) is 89.7 Å². The van der Waals surface area contributed by atoms with Gasteiger partial charge in [0.2, 0.25) is 0 Å². The van der Waals surface area contributed by atoms with E-state index in [0.29, 0.717) is 5.92 Å². The molecule has 1 heteroatoms. The fourth-order valence-corrected chi connectivity index (χ4v) is 7.14. The van der Waals surface area contributed by atoms with E-state index in [1.807, 2.05) is 0 Å². The third-order valence-electron chi connectivity index (χ3n) is 5.49. The Morgan fingerprint density at radius 2 is 1.83 bits per heavy atom. The molecule has 0 amide bonds. The minimum Gasteiger partial charge on any atom is -0.102 e. The van der Waals surface area contributed by atoms with Crippen LogP contribution in [-0.2, 0) is 0 Å². The average molecular weight is 315 g/mol. The van der Waals surface area contributed by atoms with Crippen LogP contribution in [0.25, 0.3) is 11.1 Å². The van der Waals surface area contributed by atoms with E-state index in [1.165, 1.54) is 22.3 Å². The van der Waals surface area contributed by atoms with E-state index < -0.39 is 8.07 Å². The molecule has 2 aromatic carbocycles. The standard InChI is InChI=1S/C22H22Si/c1-4-17-18-12-7-8-13-19(18)20-14-9-15-21(22(17)20)23(2,3)16-10-5-6-11-16/h4-10,12-15,17H,1,11H2,2-3H3. The van der Waals surface area contributed by atoms with Gasteiger partial charge in [-0.25, -0.2) is 0 Å². The Kier molecular flexibility index (Phi) is 3.28. The maximum atomic E-state index is 4.15. The number of benzene rings is 2. The third-order valence-corrected chi connectivity index (χ3v) is 9.25. The highest BCUT2D eigenvalue weighted by Gasteiger charge is 2.36. The van der Waals surface area contributed by atoms with Crippen LogP contribution in [-0.4, -0.2) is 8.07 Å². The Balaban J connectivity index is 1.95. The van der Waals surface area contributed by atoms with Gasteiger partial charge in [-0.1, -0.05) is 90.2 Å². The quantitative estimate of drug-likeness (QED) is 0.531. The minimum absolute atomic E-state index is 0.333. The zero-order valence-corrected chi connectivity index (χ0v) is 14.8. The molecule has 0 saturated carbocycles. The highest BCUT2D eigenvalue weighted by molar-refractivity contribution is 6.96. The van der Waals surface area contributed by atoms with Crippen LogP contribution in [0, 0.1) is 0 Å². The Labute approximate surface area is 139 Å². The van der Waals surface area contributed by atoms with Crippen molar-refractivity contribution in [2.45, 2.75) is 25.4 Å². The molecule has 4 rings (SSSR count). The zero-order valence-electron chi connectivity index (χ0n) is 13.8. The molecule has 2 aliphatic rings. The summed E-state index contributed by atoms with van der Waals surface area (Å²) >= 11 is 0. The van der Waals surface area contributed by atoms with Gasteiger partial charge in [0.05, 0.1) is 0 Å². The molecule has 0 spiro atoms. The van der Waals surface area contributed by atoms with Crippen molar-refractivity contribution >= 4 is 13.3 Å². The molecule has 2 aliphatic carbocycles. The van der Waals surface area contributed by atoms with Gasteiger partial charge in [-0.15, -0.1) is 6.58 Å². The van der Waals surface area contributed by atoms with E-state index in [4.69, 9.17) is 0 Å². The van der Waals surface area contributed by atoms with Gasteiger partial charge >= 0.3 is 0 Å². The molecule has 2 aromatic rings. The summed E-state index contributed by atoms with van der Waals surface area (Å²) in [6.45, 7) is 9.13. The monoisotopic (exact) mass is 314 g/mol. The van der Waals surface area contributed by atoms with Gasteiger partial charge < -0.3 is 0 Å². The van der Waals surface area contributed by atoms with E-state index in [2.05, 4.69) is 86.4 Å². The molecular weight excluding hydrogens is 292 g/mol. The highest BCUT2D eigenvalue weighted by Crippen LogP contribution is 2.45. The average Bonchev–Trinajstić information content (AvgIpc) is 3.21. The number of allylic oxidation sites excluding steroid dienone is 5. The van der Waals surface area contributed by atoms with Crippen molar-refractivity contribution in [2.24, 2.45) is 0 Å². The molecule has 0 aromatic heterocycles. The van der Waals surface area contributed by atoms with Crippen molar-refractivity contribution in [2.75, 3.05) is 0 Å². The summed E-state index contributed by atoms with van der Waals surface area (Å²) < 4.78 is 0. The lowest BCUT2D eigenvalue weighted by atomic mass is 9.97. The van der Waals surface area contributed by atoms with Crippen LogP contribution in [0.15, 0.2) is 78.5 Å². The second kappa shape index (κ2) is 5.21. The van der Waals surface area contributed by atoms with E-state index in [9.17, 15) is 0 Å². The van der Waals surface area contributed by atoms with Crippen LogP contribution < -0.4 is 5.19 Å². The maximum absolute atomic E-state index is 4.15. The Hall–Kier alpha value is -2.12. The zero-order chi connectivity index (χ0) is 16.0. The summed E-state index contributed by atoms with van der Waals surface area (Å²) in [6, 6.07) is 15.7. The second-order valence-corrected chi connectivity index (χ2v) is 11.4. The first-order valence-electron chi connectivity index (χ1n) is 8.36. The number of rotatable bonds is 3. The van der Waals surface area contributed by atoms with Crippen molar-refractivity contribution in [1.82, 2.24) is 0 Å². The van der Waals surface area contributed by atoms with Crippen molar-refractivity contribution < 1.29 is 0 Å². The molecule has 0 bridgehead atoms. The lowest BCUT2D eigenvalue weighted by Gasteiger charge is -2.29. The van der Waals surface area contributed by atoms with Crippen LogP contribution >= 0.6 is 0 Å². The minimum atomic E-state index is -1.65. The smallest absolute Gasteiger partial charge is 0.102 e. The van der Waals surface area contributed by atoms with Gasteiger partial charge in [0.25, 0.3) is 0 Å². The largest absolute Gasteiger partial charge is 0.108 e. The molecule has 0 nitrogen and oxygen atoms in total. The van der Waals surface area contributed by atoms with Gasteiger partial charge in [0, 0.05) is 5.92 Å². The molecule has 114 valence electrons. The second-order valence-electron chi connectivity index (χ2n) is 7.02. The lowest BCUT2D eigenvalue weighted by molar-refractivity contribution is 1.08. The molecule has 23 heavy (non-hydrogen) atoms. The lowest BCUT2D eigenvalue weighted by Crippen LogP contribution is -2.45. The number of hydrogen-bond acceptors (Lipinski definition) is 0. The molecular formula is C22H22Si. The molecule has 0 fully saturated rings. The summed E-state index contributed by atoms with van der Waals surface area (Å²) in [6.07, 6.45) is 10.1. The van der Waals surface area contributed by atoms with Gasteiger partial charge in [0.15, 0.2) is 0 Å². The van der Waals surface area contributed by atoms with E-state index in [-0.39, 0.29) is 0 Å². The Morgan fingerprint density at radius 1 is 1.04 bits per heavy atom. The fraction of sp³-hybridized carbons (Fsp3) is 0.182. The van der Waals surface area contributed by atoms with Gasteiger partial charge in [0.1, 0.15) is 8.07 Å². The van der Waals surface area contributed by atoms with Crippen LogP contribution in [0.4, 0.5) is 0 Å². The summed E-state index contributed by atoms with van der Waals surface area (Å²) in [5.74, 6) is 0.333. The van der Waals surface area contributed by atoms with Crippen LogP contribution in [0.1, 0.15) is 23.5 Å². The van der Waals surface area contributed by atoms with Crippen molar-refractivity contribution in [1.29, 1.82) is 0 Å². The van der Waals surface area contributed by atoms with E-state index >= 15 is 0 Å². The van der Waals surface area contributed by atoms with E-state index in [1.54, 1.807) is 10.4 Å². The van der Waals surface area contributed by atoms with Gasteiger partial charge in [-0.2, -0.15) is 0 Å². The van der Waals surface area contributed by atoms with Gasteiger partial charge in [-0.3, -0.25) is 0 Å². The molecule has 0 aliphatic heterocycles. The topological polar surface area (TPSA) is 0 Å². The maximum Gasteiger partial charge on any atom is 0.108 e. The molecule has 1 atom stereocenters. The summed E-state index contributed by atoms with van der Waals surface area (Å²) in [5, 5.41) is 3.20. The van der Waals surface area contributed by atoms with Gasteiger partial charge in [-0.05, 0) is 28.7 Å². The molecule has 0 heterocycles. The predicted octanol–water partition coefficient (Wildman–Crippen LogP) is 5.33. The first kappa shape index (κ1) is 14.5. The molecule has 1 unspecified atom stereocenters. The summed E-state index contributed by atoms with van der Waals surface area (Å²) in [4.78, 5) is 0. The third kappa shape index (κ3) is 2.03. The summed E-state index contributed by atoms with van der Waals surface area (Å²) in [7, 11) is -1.65. The van der Waals surface area contributed by atoms with Crippen LogP contribution in [0.2, 0.25) is 13.1 Å². The Bertz CT molecular complexity index is 852. The molecule has 0 radical (unpaired) electrons.